The molecule has 0 saturated carbocycles. The van der Waals surface area contributed by atoms with Crippen LogP contribution >= 0.6 is 0 Å². The van der Waals surface area contributed by atoms with Crippen molar-refractivity contribution in [2.45, 2.75) is 24.8 Å². The molecule has 0 aromatic carbocycles. The zero-order valence-electron chi connectivity index (χ0n) is 10.0. The fourth-order valence-electron chi connectivity index (χ4n) is 1.50. The Bertz CT molecular complexity index is 587. The van der Waals surface area contributed by atoms with Crippen molar-refractivity contribution in [1.82, 2.24) is 14.7 Å². The molecule has 18 heavy (non-hydrogen) atoms. The van der Waals surface area contributed by atoms with Gasteiger partial charge in [0.1, 0.15) is 11.6 Å². The van der Waals surface area contributed by atoms with Crippen molar-refractivity contribution in [3.63, 3.8) is 0 Å². The van der Waals surface area contributed by atoms with Gasteiger partial charge in [-0.25, -0.2) is 18.1 Å². The van der Waals surface area contributed by atoms with Gasteiger partial charge in [-0.3, -0.25) is 0 Å². The molecular formula is C11H15N3O3S. The number of aromatic amines is 1. The summed E-state index contributed by atoms with van der Waals surface area (Å²) in [4.78, 5) is 6.73. The zero-order chi connectivity index (χ0) is 13.0. The Morgan fingerprint density at radius 1 is 1.50 bits per heavy atom. The van der Waals surface area contributed by atoms with Crippen LogP contribution < -0.4 is 4.72 Å². The lowest BCUT2D eigenvalue weighted by atomic mass is 10.3. The third kappa shape index (κ3) is 2.99. The number of H-pyrrole nitrogens is 1. The molecule has 0 radical (unpaired) electrons. The summed E-state index contributed by atoms with van der Waals surface area (Å²) in [6, 6.07) is 3.58. The number of sulfonamides is 1. The summed E-state index contributed by atoms with van der Waals surface area (Å²) in [6.07, 6.45) is 4.07. The molecule has 2 aromatic heterocycles. The Hall–Kier alpha value is -1.60. The first-order valence-corrected chi connectivity index (χ1v) is 7.16. The van der Waals surface area contributed by atoms with Gasteiger partial charge in [-0.1, -0.05) is 6.92 Å². The van der Waals surface area contributed by atoms with Crippen molar-refractivity contribution in [1.29, 1.82) is 0 Å². The number of hydrogen-bond acceptors (Lipinski definition) is 4. The van der Waals surface area contributed by atoms with E-state index in [-0.39, 0.29) is 11.6 Å². The number of aromatic nitrogens is 2. The maximum Gasteiger partial charge on any atom is 0.257 e. The smallest absolute Gasteiger partial charge is 0.257 e. The average Bonchev–Trinajstić information content (AvgIpc) is 2.99. The molecule has 0 atom stereocenters. The van der Waals surface area contributed by atoms with E-state index in [2.05, 4.69) is 14.7 Å². The molecule has 0 aliphatic carbocycles. The SMILES string of the molecule is CCc1ncc(S(=O)(=O)NCCc2ccco2)[nH]1. The molecule has 2 heterocycles. The van der Waals surface area contributed by atoms with Gasteiger partial charge < -0.3 is 9.40 Å². The molecule has 0 amide bonds. The predicted octanol–water partition coefficient (Wildman–Crippen LogP) is 1.09. The topological polar surface area (TPSA) is 88.0 Å². The Balaban J connectivity index is 1.95. The molecule has 0 unspecified atom stereocenters. The largest absolute Gasteiger partial charge is 0.469 e. The Kier molecular flexibility index (Phi) is 3.83. The van der Waals surface area contributed by atoms with Crippen molar-refractivity contribution in [2.75, 3.05) is 6.54 Å². The molecule has 0 aliphatic heterocycles. The van der Waals surface area contributed by atoms with Crippen molar-refractivity contribution in [2.24, 2.45) is 0 Å². The molecule has 2 rings (SSSR count). The fraction of sp³-hybridized carbons (Fsp3) is 0.364. The van der Waals surface area contributed by atoms with E-state index in [1.165, 1.54) is 6.20 Å². The lowest BCUT2D eigenvalue weighted by molar-refractivity contribution is 0.505. The van der Waals surface area contributed by atoms with Gasteiger partial charge in [-0.05, 0) is 12.1 Å². The molecule has 0 fully saturated rings. The van der Waals surface area contributed by atoms with E-state index in [0.717, 1.165) is 5.76 Å². The molecule has 98 valence electrons. The van der Waals surface area contributed by atoms with Crippen LogP contribution in [-0.2, 0) is 22.9 Å². The van der Waals surface area contributed by atoms with Crippen LogP contribution in [0.1, 0.15) is 18.5 Å². The minimum Gasteiger partial charge on any atom is -0.469 e. The van der Waals surface area contributed by atoms with Gasteiger partial charge in [-0.15, -0.1) is 0 Å². The maximum atomic E-state index is 11.9. The number of aryl methyl sites for hydroxylation is 1. The standard InChI is InChI=1S/C11H15N3O3S/c1-2-10-12-8-11(14-10)18(15,16)13-6-5-9-4-3-7-17-9/h3-4,7-8,13H,2,5-6H2,1H3,(H,12,14). The van der Waals surface area contributed by atoms with Gasteiger partial charge in [0, 0.05) is 19.4 Å². The van der Waals surface area contributed by atoms with E-state index in [1.807, 2.05) is 6.92 Å². The monoisotopic (exact) mass is 269 g/mol. The second-order valence-electron chi connectivity index (χ2n) is 3.77. The summed E-state index contributed by atoms with van der Waals surface area (Å²) in [6.45, 7) is 2.19. The number of nitrogens with one attached hydrogen (secondary N) is 2. The highest BCUT2D eigenvalue weighted by Crippen LogP contribution is 2.06. The van der Waals surface area contributed by atoms with Crippen LogP contribution in [0.3, 0.4) is 0 Å². The van der Waals surface area contributed by atoms with Crippen molar-refractivity contribution < 1.29 is 12.8 Å². The molecule has 2 N–H and O–H groups in total. The summed E-state index contributed by atoms with van der Waals surface area (Å²) >= 11 is 0. The zero-order valence-corrected chi connectivity index (χ0v) is 10.8. The lowest BCUT2D eigenvalue weighted by Crippen LogP contribution is -2.26. The van der Waals surface area contributed by atoms with E-state index in [1.54, 1.807) is 18.4 Å². The molecule has 0 spiro atoms. The first-order chi connectivity index (χ1) is 8.62. The van der Waals surface area contributed by atoms with Crippen LogP contribution in [0.4, 0.5) is 0 Å². The summed E-state index contributed by atoms with van der Waals surface area (Å²) in [7, 11) is -3.51. The van der Waals surface area contributed by atoms with E-state index in [4.69, 9.17) is 4.42 Å². The van der Waals surface area contributed by atoms with Gasteiger partial charge >= 0.3 is 0 Å². The van der Waals surface area contributed by atoms with E-state index >= 15 is 0 Å². The number of hydrogen-bond donors (Lipinski definition) is 2. The molecule has 7 heteroatoms. The van der Waals surface area contributed by atoms with Crippen LogP contribution in [0.2, 0.25) is 0 Å². The third-order valence-electron chi connectivity index (χ3n) is 2.47. The van der Waals surface area contributed by atoms with Gasteiger partial charge in [0.05, 0.1) is 12.5 Å². The second-order valence-corrected chi connectivity index (χ2v) is 5.51. The summed E-state index contributed by atoms with van der Waals surface area (Å²) < 4.78 is 31.4. The predicted molar refractivity (Wildman–Crippen MR) is 65.6 cm³/mol. The molecule has 2 aromatic rings. The van der Waals surface area contributed by atoms with Crippen LogP contribution in [0.15, 0.2) is 34.0 Å². The van der Waals surface area contributed by atoms with E-state index < -0.39 is 10.0 Å². The number of rotatable bonds is 6. The molecule has 0 bridgehead atoms. The van der Waals surface area contributed by atoms with Crippen LogP contribution in [0.5, 0.6) is 0 Å². The Morgan fingerprint density at radius 3 is 2.94 bits per heavy atom. The van der Waals surface area contributed by atoms with E-state index in [9.17, 15) is 8.42 Å². The van der Waals surface area contributed by atoms with Crippen LogP contribution in [0.25, 0.3) is 0 Å². The summed E-state index contributed by atoms with van der Waals surface area (Å²) in [5, 5.41) is 0.0961. The van der Waals surface area contributed by atoms with Gasteiger partial charge in [-0.2, -0.15) is 0 Å². The minimum absolute atomic E-state index is 0.0961. The van der Waals surface area contributed by atoms with Gasteiger partial charge in [0.25, 0.3) is 10.0 Å². The highest BCUT2D eigenvalue weighted by atomic mass is 32.2. The number of imidazole rings is 1. The molecule has 0 saturated heterocycles. The fourth-order valence-corrected chi connectivity index (χ4v) is 2.47. The number of nitrogens with zero attached hydrogens (tertiary/aromatic N) is 1. The Labute approximate surface area is 105 Å². The van der Waals surface area contributed by atoms with E-state index in [0.29, 0.717) is 18.7 Å². The normalized spacial score (nSPS) is 11.8. The van der Waals surface area contributed by atoms with Crippen molar-refractivity contribution in [3.8, 4) is 0 Å². The molecule has 0 aliphatic rings. The Morgan fingerprint density at radius 2 is 2.33 bits per heavy atom. The highest BCUT2D eigenvalue weighted by molar-refractivity contribution is 7.89. The quantitative estimate of drug-likeness (QED) is 0.821. The van der Waals surface area contributed by atoms with Gasteiger partial charge in [0.2, 0.25) is 0 Å². The van der Waals surface area contributed by atoms with Crippen molar-refractivity contribution >= 4 is 10.0 Å². The average molecular weight is 269 g/mol. The molecular weight excluding hydrogens is 254 g/mol. The third-order valence-corrected chi connectivity index (χ3v) is 3.84. The molecule has 6 nitrogen and oxygen atoms in total. The maximum absolute atomic E-state index is 11.9. The lowest BCUT2D eigenvalue weighted by Gasteiger charge is -2.03. The summed E-state index contributed by atoms with van der Waals surface area (Å²) in [5.74, 6) is 1.40. The number of furan rings is 1. The van der Waals surface area contributed by atoms with Crippen LogP contribution in [0, 0.1) is 0 Å². The first kappa shape index (κ1) is 12.8. The second kappa shape index (κ2) is 5.36. The first-order valence-electron chi connectivity index (χ1n) is 5.67. The minimum atomic E-state index is -3.51. The summed E-state index contributed by atoms with van der Waals surface area (Å²) in [5.41, 5.74) is 0. The van der Waals surface area contributed by atoms with Gasteiger partial charge in [0.15, 0.2) is 5.03 Å². The van der Waals surface area contributed by atoms with Crippen LogP contribution in [-0.4, -0.2) is 24.9 Å². The highest BCUT2D eigenvalue weighted by Gasteiger charge is 2.16. The van der Waals surface area contributed by atoms with Crippen molar-refractivity contribution in [3.05, 3.63) is 36.2 Å².